The summed E-state index contributed by atoms with van der Waals surface area (Å²) in [6.07, 6.45) is -2.80. The molecule has 0 saturated heterocycles. The van der Waals surface area contributed by atoms with Gasteiger partial charge in [0.15, 0.2) is 5.01 Å². The normalized spacial score (nSPS) is 11.4. The predicted molar refractivity (Wildman–Crippen MR) is 108 cm³/mol. The minimum atomic E-state index is -3.96. The summed E-state index contributed by atoms with van der Waals surface area (Å²) in [6.45, 7) is 0. The molecule has 30 heavy (non-hydrogen) atoms. The molecule has 3 rings (SSSR count). The van der Waals surface area contributed by atoms with Crippen LogP contribution in [0.5, 0.6) is 5.75 Å². The number of hydrogen-bond donors (Lipinski definition) is 1. The topological polar surface area (TPSA) is 101 Å². The first-order chi connectivity index (χ1) is 14.2. The van der Waals surface area contributed by atoms with E-state index in [1.807, 2.05) is 0 Å². The molecular weight excluding hydrogens is 438 g/mol. The van der Waals surface area contributed by atoms with E-state index in [9.17, 15) is 22.0 Å². The Hall–Kier alpha value is -3.12. The van der Waals surface area contributed by atoms with Crippen molar-refractivity contribution in [3.05, 3.63) is 59.1 Å². The van der Waals surface area contributed by atoms with Crippen molar-refractivity contribution in [3.63, 3.8) is 0 Å². The second-order valence-electron chi connectivity index (χ2n) is 5.90. The first-order valence-electron chi connectivity index (χ1n) is 8.38. The molecule has 0 atom stereocenters. The average Bonchev–Trinajstić information content (AvgIpc) is 3.22. The van der Waals surface area contributed by atoms with Gasteiger partial charge in [0.05, 0.1) is 17.7 Å². The Morgan fingerprint density at radius 1 is 1.17 bits per heavy atom. The highest BCUT2D eigenvalue weighted by molar-refractivity contribution is 7.92. The molecule has 158 valence electrons. The highest BCUT2D eigenvalue weighted by Crippen LogP contribution is 2.27. The molecule has 0 fully saturated rings. The van der Waals surface area contributed by atoms with Crippen molar-refractivity contribution in [2.75, 3.05) is 23.8 Å². The first kappa shape index (κ1) is 21.6. The van der Waals surface area contributed by atoms with Gasteiger partial charge in [0.25, 0.3) is 22.4 Å². The van der Waals surface area contributed by atoms with Crippen LogP contribution < -0.4 is 14.4 Å². The van der Waals surface area contributed by atoms with E-state index in [0.29, 0.717) is 22.8 Å². The van der Waals surface area contributed by atoms with Crippen molar-refractivity contribution in [3.8, 4) is 5.75 Å². The molecule has 2 aromatic carbocycles. The predicted octanol–water partition coefficient (Wildman–Crippen LogP) is 3.56. The largest absolute Gasteiger partial charge is 0.497 e. The lowest BCUT2D eigenvalue weighted by molar-refractivity contribution is 0.102. The molecule has 0 bridgehead atoms. The number of alkyl halides is 2. The molecule has 0 aliphatic rings. The SMILES string of the molecule is COc1ccc(N(C)S(=O)(=O)c2cccc(C(=O)Nc3nnc(C(F)F)s3)c2)cc1. The van der Waals surface area contributed by atoms with Crippen LogP contribution in [0.25, 0.3) is 0 Å². The van der Waals surface area contributed by atoms with Gasteiger partial charge >= 0.3 is 0 Å². The number of benzene rings is 2. The third kappa shape index (κ3) is 4.54. The summed E-state index contributed by atoms with van der Waals surface area (Å²) in [5.74, 6) is -0.119. The van der Waals surface area contributed by atoms with E-state index in [0.717, 1.165) is 4.31 Å². The number of aromatic nitrogens is 2. The molecular formula is C18H16F2N4O4S2. The Bertz CT molecular complexity index is 1150. The Labute approximate surface area is 175 Å². The van der Waals surface area contributed by atoms with Crippen LogP contribution in [0, 0.1) is 0 Å². The Kier molecular flexibility index (Phi) is 6.27. The lowest BCUT2D eigenvalue weighted by Crippen LogP contribution is -2.26. The minimum absolute atomic E-state index is 0.0213. The first-order valence-corrected chi connectivity index (χ1v) is 10.6. The number of hydrogen-bond acceptors (Lipinski definition) is 7. The number of carbonyl (C=O) groups excluding carboxylic acids is 1. The van der Waals surface area contributed by atoms with Gasteiger partial charge in [-0.25, -0.2) is 17.2 Å². The van der Waals surface area contributed by atoms with Crippen molar-refractivity contribution in [2.45, 2.75) is 11.3 Å². The van der Waals surface area contributed by atoms with Crippen LogP contribution in [0.1, 0.15) is 21.8 Å². The van der Waals surface area contributed by atoms with Gasteiger partial charge in [-0.3, -0.25) is 14.4 Å². The fourth-order valence-electron chi connectivity index (χ4n) is 2.43. The number of methoxy groups -OCH3 is 1. The number of sulfonamides is 1. The molecule has 8 nitrogen and oxygen atoms in total. The molecule has 12 heteroatoms. The fourth-order valence-corrected chi connectivity index (χ4v) is 4.27. The number of nitrogens with zero attached hydrogens (tertiary/aromatic N) is 3. The van der Waals surface area contributed by atoms with E-state index in [1.54, 1.807) is 24.3 Å². The van der Waals surface area contributed by atoms with Crippen LogP contribution in [0.2, 0.25) is 0 Å². The summed E-state index contributed by atoms with van der Waals surface area (Å²) >= 11 is 0.538. The second kappa shape index (κ2) is 8.71. The van der Waals surface area contributed by atoms with Crippen LogP contribution in [0.3, 0.4) is 0 Å². The second-order valence-corrected chi connectivity index (χ2v) is 8.88. The summed E-state index contributed by atoms with van der Waals surface area (Å²) in [5, 5.41) is 8.46. The van der Waals surface area contributed by atoms with E-state index in [4.69, 9.17) is 4.74 Å². The van der Waals surface area contributed by atoms with Gasteiger partial charge in [0.2, 0.25) is 5.13 Å². The van der Waals surface area contributed by atoms with Gasteiger partial charge < -0.3 is 4.74 Å². The molecule has 0 radical (unpaired) electrons. The maximum absolute atomic E-state index is 13.0. The van der Waals surface area contributed by atoms with E-state index in [2.05, 4.69) is 15.5 Å². The van der Waals surface area contributed by atoms with Gasteiger partial charge in [-0.05, 0) is 42.5 Å². The Balaban J connectivity index is 1.82. The summed E-state index contributed by atoms with van der Waals surface area (Å²) in [4.78, 5) is 12.3. The van der Waals surface area contributed by atoms with Crippen molar-refractivity contribution in [1.29, 1.82) is 0 Å². The van der Waals surface area contributed by atoms with Crippen LogP contribution in [0.4, 0.5) is 19.6 Å². The van der Waals surface area contributed by atoms with E-state index < -0.39 is 27.4 Å². The van der Waals surface area contributed by atoms with Gasteiger partial charge in [0, 0.05) is 12.6 Å². The number of rotatable bonds is 7. The molecule has 0 saturated carbocycles. The molecule has 1 amide bonds. The molecule has 0 spiro atoms. The molecule has 1 aromatic heterocycles. The van der Waals surface area contributed by atoms with Crippen LogP contribution in [-0.4, -0.2) is 38.7 Å². The van der Waals surface area contributed by atoms with Crippen molar-refractivity contribution in [2.24, 2.45) is 0 Å². The third-order valence-electron chi connectivity index (χ3n) is 4.04. The van der Waals surface area contributed by atoms with E-state index in [-0.39, 0.29) is 15.6 Å². The third-order valence-corrected chi connectivity index (χ3v) is 6.67. The summed E-state index contributed by atoms with van der Waals surface area (Å²) in [5.41, 5.74) is 0.423. The lowest BCUT2D eigenvalue weighted by atomic mass is 10.2. The zero-order chi connectivity index (χ0) is 21.9. The maximum Gasteiger partial charge on any atom is 0.291 e. The van der Waals surface area contributed by atoms with Crippen molar-refractivity contribution in [1.82, 2.24) is 10.2 Å². The highest BCUT2D eigenvalue weighted by Gasteiger charge is 2.23. The van der Waals surface area contributed by atoms with E-state index in [1.165, 1.54) is 38.4 Å². The zero-order valence-electron chi connectivity index (χ0n) is 15.7. The maximum atomic E-state index is 13.0. The number of nitrogens with one attached hydrogen (secondary N) is 1. The quantitative estimate of drug-likeness (QED) is 0.586. The van der Waals surface area contributed by atoms with Gasteiger partial charge in [-0.15, -0.1) is 10.2 Å². The van der Waals surface area contributed by atoms with Gasteiger partial charge in [-0.2, -0.15) is 0 Å². The van der Waals surface area contributed by atoms with Crippen molar-refractivity contribution < 1.29 is 26.7 Å². The summed E-state index contributed by atoms with van der Waals surface area (Å²) in [6, 6.07) is 11.8. The minimum Gasteiger partial charge on any atom is -0.497 e. The smallest absolute Gasteiger partial charge is 0.291 e. The lowest BCUT2D eigenvalue weighted by Gasteiger charge is -2.20. The van der Waals surface area contributed by atoms with Gasteiger partial charge in [0.1, 0.15) is 5.75 Å². The Morgan fingerprint density at radius 2 is 1.87 bits per heavy atom. The Morgan fingerprint density at radius 3 is 2.47 bits per heavy atom. The number of ether oxygens (including phenoxy) is 1. The van der Waals surface area contributed by atoms with Crippen LogP contribution in [0.15, 0.2) is 53.4 Å². The van der Waals surface area contributed by atoms with E-state index >= 15 is 0 Å². The molecule has 0 aliphatic heterocycles. The summed E-state index contributed by atoms with van der Waals surface area (Å²) < 4.78 is 57.2. The number of carbonyl (C=O) groups is 1. The number of halogens is 2. The molecule has 3 aromatic rings. The number of amides is 1. The molecule has 0 aliphatic carbocycles. The average molecular weight is 454 g/mol. The van der Waals surface area contributed by atoms with Crippen LogP contribution >= 0.6 is 11.3 Å². The summed E-state index contributed by atoms with van der Waals surface area (Å²) in [7, 11) is -1.07. The molecule has 1 N–H and O–H groups in total. The molecule has 0 unspecified atom stereocenters. The fraction of sp³-hybridized carbons (Fsp3) is 0.167. The zero-order valence-corrected chi connectivity index (χ0v) is 17.4. The molecule has 1 heterocycles. The van der Waals surface area contributed by atoms with Crippen molar-refractivity contribution >= 4 is 38.1 Å². The number of anilines is 2. The standard InChI is InChI=1S/C18H16F2N4O4S2/c1-24(12-6-8-13(28-2)9-7-12)30(26,27)14-5-3-4-11(10-14)16(25)21-18-23-22-17(29-18)15(19)20/h3-10,15H,1-2H3,(H,21,23,25). The van der Waals surface area contributed by atoms with Crippen LogP contribution in [-0.2, 0) is 10.0 Å². The van der Waals surface area contributed by atoms with Gasteiger partial charge in [-0.1, -0.05) is 17.4 Å². The monoisotopic (exact) mass is 454 g/mol. The highest BCUT2D eigenvalue weighted by atomic mass is 32.2.